The number of hydrogen-bond acceptors (Lipinski definition) is 4. The maximum Gasteiger partial charge on any atom is 0.276 e. The van der Waals surface area contributed by atoms with Gasteiger partial charge >= 0.3 is 0 Å². The van der Waals surface area contributed by atoms with Crippen LogP contribution >= 0.6 is 12.4 Å². The summed E-state index contributed by atoms with van der Waals surface area (Å²) in [5.41, 5.74) is 10.3. The summed E-state index contributed by atoms with van der Waals surface area (Å²) in [6.45, 7) is 3.18. The molecule has 0 radical (unpaired) electrons. The van der Waals surface area contributed by atoms with Crippen LogP contribution in [-0.2, 0) is 0 Å². The Hall–Kier alpha value is -2.70. The Bertz CT molecular complexity index is 939. The number of benzene rings is 2. The zero-order valence-electron chi connectivity index (χ0n) is 15.8. The smallest absolute Gasteiger partial charge is 0.276 e. The Morgan fingerprint density at radius 3 is 2.43 bits per heavy atom. The van der Waals surface area contributed by atoms with Crippen molar-refractivity contribution in [3.05, 3.63) is 66.0 Å². The van der Waals surface area contributed by atoms with E-state index in [4.69, 9.17) is 5.73 Å². The zero-order chi connectivity index (χ0) is 18.8. The molecule has 1 atom stereocenters. The average molecular weight is 398 g/mol. The van der Waals surface area contributed by atoms with Gasteiger partial charge in [-0.1, -0.05) is 47.7 Å². The minimum absolute atomic E-state index is 0. The molecule has 0 bridgehead atoms. The fourth-order valence-electron chi connectivity index (χ4n) is 3.54. The second-order valence-corrected chi connectivity index (χ2v) is 7.00. The summed E-state index contributed by atoms with van der Waals surface area (Å²) in [4.78, 5) is 14.6. The topological polar surface area (TPSA) is 77.0 Å². The van der Waals surface area contributed by atoms with E-state index in [0.29, 0.717) is 12.2 Å². The second kappa shape index (κ2) is 8.54. The van der Waals surface area contributed by atoms with Crippen LogP contribution in [0.25, 0.3) is 16.8 Å². The van der Waals surface area contributed by atoms with E-state index >= 15 is 0 Å². The van der Waals surface area contributed by atoms with Gasteiger partial charge < -0.3 is 10.6 Å². The lowest BCUT2D eigenvalue weighted by atomic mass is 10.1. The van der Waals surface area contributed by atoms with Crippen molar-refractivity contribution in [2.45, 2.75) is 25.8 Å². The van der Waals surface area contributed by atoms with Gasteiger partial charge in [0, 0.05) is 19.1 Å². The van der Waals surface area contributed by atoms with E-state index in [1.807, 2.05) is 37.3 Å². The summed E-state index contributed by atoms with van der Waals surface area (Å²) in [6, 6.07) is 18.3. The maximum atomic E-state index is 12.8. The van der Waals surface area contributed by atoms with Crippen LogP contribution < -0.4 is 5.73 Å². The second-order valence-electron chi connectivity index (χ2n) is 7.00. The maximum absolute atomic E-state index is 12.8. The normalized spacial score (nSPS) is 16.5. The Kier molecular flexibility index (Phi) is 6.11. The lowest BCUT2D eigenvalue weighted by Crippen LogP contribution is -2.46. The van der Waals surface area contributed by atoms with Crippen LogP contribution in [0.4, 0.5) is 0 Å². The first-order chi connectivity index (χ1) is 13.1. The highest BCUT2D eigenvalue weighted by Gasteiger charge is 2.26. The quantitative estimate of drug-likeness (QED) is 0.736. The summed E-state index contributed by atoms with van der Waals surface area (Å²) in [5.74, 6) is -0.0881. The fraction of sp³-hybridized carbons (Fsp3) is 0.286. The molecule has 1 unspecified atom stereocenters. The predicted octanol–water partition coefficient (Wildman–Crippen LogP) is 3.23. The fourth-order valence-corrected chi connectivity index (χ4v) is 3.54. The summed E-state index contributed by atoms with van der Waals surface area (Å²) < 4.78 is 1.71. The van der Waals surface area contributed by atoms with Gasteiger partial charge in [0.25, 0.3) is 5.91 Å². The summed E-state index contributed by atoms with van der Waals surface area (Å²) in [7, 11) is 0. The molecule has 0 aliphatic carbocycles. The molecular weight excluding hydrogens is 374 g/mol. The van der Waals surface area contributed by atoms with Crippen LogP contribution in [0.3, 0.4) is 0 Å². The molecule has 1 aliphatic rings. The van der Waals surface area contributed by atoms with Gasteiger partial charge in [0.2, 0.25) is 0 Å². The first-order valence-corrected chi connectivity index (χ1v) is 9.26. The van der Waals surface area contributed by atoms with Gasteiger partial charge in [-0.25, -0.2) is 4.68 Å². The van der Waals surface area contributed by atoms with Crippen LogP contribution in [-0.4, -0.2) is 44.9 Å². The van der Waals surface area contributed by atoms with Crippen molar-refractivity contribution in [2.24, 2.45) is 5.73 Å². The molecule has 6 nitrogen and oxygen atoms in total. The molecule has 0 saturated carbocycles. The van der Waals surface area contributed by atoms with Crippen molar-refractivity contribution in [1.82, 2.24) is 19.9 Å². The van der Waals surface area contributed by atoms with Crippen LogP contribution in [0.2, 0.25) is 0 Å². The van der Waals surface area contributed by atoms with E-state index in [9.17, 15) is 4.79 Å². The number of piperidine rings is 1. The van der Waals surface area contributed by atoms with Crippen molar-refractivity contribution in [2.75, 3.05) is 13.1 Å². The van der Waals surface area contributed by atoms with Gasteiger partial charge in [-0.15, -0.1) is 17.5 Å². The van der Waals surface area contributed by atoms with Crippen molar-refractivity contribution < 1.29 is 4.79 Å². The van der Waals surface area contributed by atoms with E-state index in [0.717, 1.165) is 41.9 Å². The minimum atomic E-state index is -0.0881. The lowest BCUT2D eigenvalue weighted by molar-refractivity contribution is 0.0702. The number of amides is 1. The number of halogens is 1. The molecule has 1 amide bonds. The van der Waals surface area contributed by atoms with Gasteiger partial charge in [-0.05, 0) is 43.0 Å². The van der Waals surface area contributed by atoms with Crippen molar-refractivity contribution in [3.63, 3.8) is 0 Å². The number of aromatic nitrogens is 3. The molecule has 2 heterocycles. The highest BCUT2D eigenvalue weighted by atomic mass is 35.5. The zero-order valence-corrected chi connectivity index (χ0v) is 16.6. The molecule has 1 aliphatic heterocycles. The molecule has 1 saturated heterocycles. The van der Waals surface area contributed by atoms with Gasteiger partial charge in [0.15, 0.2) is 5.69 Å². The molecular formula is C21H24ClN5O. The van der Waals surface area contributed by atoms with E-state index < -0.39 is 0 Å². The molecule has 7 heteroatoms. The third kappa shape index (κ3) is 3.93. The molecule has 146 valence electrons. The number of carbonyl (C=O) groups excluding carboxylic acids is 1. The Morgan fingerprint density at radius 2 is 1.75 bits per heavy atom. The average Bonchev–Trinajstić information content (AvgIpc) is 3.09. The molecule has 2 N–H and O–H groups in total. The Labute approximate surface area is 170 Å². The van der Waals surface area contributed by atoms with Gasteiger partial charge in [0.1, 0.15) is 0 Å². The van der Waals surface area contributed by atoms with Gasteiger partial charge in [0.05, 0.1) is 11.4 Å². The Balaban J connectivity index is 0.00000225. The lowest BCUT2D eigenvalue weighted by Gasteiger charge is -2.30. The van der Waals surface area contributed by atoms with Crippen LogP contribution in [0, 0.1) is 6.92 Å². The molecule has 0 spiro atoms. The first-order valence-electron chi connectivity index (χ1n) is 9.26. The molecule has 1 aromatic heterocycles. The monoisotopic (exact) mass is 397 g/mol. The number of likely N-dealkylation sites (tertiary alicyclic amines) is 1. The largest absolute Gasteiger partial charge is 0.336 e. The summed E-state index contributed by atoms with van der Waals surface area (Å²) in [6.07, 6.45) is 1.89. The van der Waals surface area contributed by atoms with Gasteiger partial charge in [-0.2, -0.15) is 0 Å². The molecule has 1 fully saturated rings. The van der Waals surface area contributed by atoms with Gasteiger partial charge in [-0.3, -0.25) is 4.79 Å². The Morgan fingerprint density at radius 1 is 1.07 bits per heavy atom. The van der Waals surface area contributed by atoms with Crippen LogP contribution in [0.15, 0.2) is 54.6 Å². The van der Waals surface area contributed by atoms with E-state index in [1.54, 1.807) is 9.58 Å². The molecule has 2 aromatic carbocycles. The molecule has 3 aromatic rings. The van der Waals surface area contributed by atoms with E-state index in [2.05, 4.69) is 34.6 Å². The van der Waals surface area contributed by atoms with Crippen molar-refractivity contribution in [3.8, 4) is 16.8 Å². The number of nitrogens with two attached hydrogens (primary N) is 1. The summed E-state index contributed by atoms with van der Waals surface area (Å²) >= 11 is 0. The number of rotatable bonds is 3. The summed E-state index contributed by atoms with van der Waals surface area (Å²) in [5, 5.41) is 8.37. The van der Waals surface area contributed by atoms with Crippen LogP contribution in [0.1, 0.15) is 29.0 Å². The minimum Gasteiger partial charge on any atom is -0.336 e. The predicted molar refractivity (Wildman–Crippen MR) is 112 cm³/mol. The van der Waals surface area contributed by atoms with E-state index in [-0.39, 0.29) is 24.4 Å². The first kappa shape index (κ1) is 20.0. The SMILES string of the molecule is Cc1c(C(=O)N2CCCC(N)C2)nnn1-c1ccc(-c2ccccc2)cc1.Cl. The molecule has 4 rings (SSSR count). The highest BCUT2D eigenvalue weighted by molar-refractivity contribution is 5.93. The van der Waals surface area contributed by atoms with Crippen LogP contribution in [0.5, 0.6) is 0 Å². The number of hydrogen-bond donors (Lipinski definition) is 1. The number of nitrogens with zero attached hydrogens (tertiary/aromatic N) is 4. The number of carbonyl (C=O) groups is 1. The van der Waals surface area contributed by atoms with E-state index in [1.165, 1.54) is 0 Å². The third-order valence-corrected chi connectivity index (χ3v) is 5.06. The van der Waals surface area contributed by atoms with Crippen molar-refractivity contribution in [1.29, 1.82) is 0 Å². The molecule has 28 heavy (non-hydrogen) atoms. The van der Waals surface area contributed by atoms with Crippen molar-refractivity contribution >= 4 is 18.3 Å². The highest BCUT2D eigenvalue weighted by Crippen LogP contribution is 2.22. The third-order valence-electron chi connectivity index (χ3n) is 5.06. The standard InChI is InChI=1S/C21H23N5O.ClH/c1-15-20(21(27)25-13-5-8-18(22)14-25)23-24-26(15)19-11-9-17(10-12-19)16-6-3-2-4-7-16;/h2-4,6-7,9-12,18H,5,8,13-14,22H2,1H3;1H.